The Hall–Kier alpha value is -1.13. The average Bonchev–Trinajstić information content (AvgIpc) is 2.53. The van der Waals surface area contributed by atoms with Gasteiger partial charge in [0.1, 0.15) is 5.75 Å². The minimum atomic E-state index is -0.162. The Labute approximate surface area is 128 Å². The second-order valence-electron chi connectivity index (χ2n) is 6.17. The van der Waals surface area contributed by atoms with Crippen molar-refractivity contribution in [3.05, 3.63) is 23.5 Å². The molecule has 21 heavy (non-hydrogen) atoms. The van der Waals surface area contributed by atoms with Gasteiger partial charge in [0.25, 0.3) is 0 Å². The highest BCUT2D eigenvalue weighted by atomic mass is 16.5. The van der Waals surface area contributed by atoms with E-state index in [4.69, 9.17) is 15.2 Å². The maximum atomic E-state index is 6.21. The number of methoxy groups -OCH3 is 1. The van der Waals surface area contributed by atoms with E-state index in [1.807, 2.05) is 19.1 Å². The number of rotatable bonds is 6. The first-order valence-electron chi connectivity index (χ1n) is 7.96. The van der Waals surface area contributed by atoms with Crippen molar-refractivity contribution in [3.63, 3.8) is 0 Å². The van der Waals surface area contributed by atoms with Gasteiger partial charge >= 0.3 is 0 Å². The molecule has 118 valence electrons. The summed E-state index contributed by atoms with van der Waals surface area (Å²) in [6, 6.07) is 3.86. The van der Waals surface area contributed by atoms with Gasteiger partial charge in [-0.1, -0.05) is 13.3 Å². The lowest BCUT2D eigenvalue weighted by atomic mass is 9.77. The molecule has 1 fully saturated rings. The van der Waals surface area contributed by atoms with E-state index in [-0.39, 0.29) is 5.60 Å². The molecule has 0 radical (unpaired) electrons. The Morgan fingerprint density at radius 3 is 2.62 bits per heavy atom. The van der Waals surface area contributed by atoms with Gasteiger partial charge in [0.05, 0.1) is 25.0 Å². The summed E-state index contributed by atoms with van der Waals surface area (Å²) in [5.74, 6) is 1.67. The van der Waals surface area contributed by atoms with Crippen LogP contribution >= 0.6 is 0 Å². The predicted octanol–water partition coefficient (Wildman–Crippen LogP) is 3.21. The number of ether oxygens (including phenoxy) is 2. The normalized spacial score (nSPS) is 25.8. The van der Waals surface area contributed by atoms with Gasteiger partial charge in [-0.25, -0.2) is 0 Å². The van der Waals surface area contributed by atoms with Gasteiger partial charge < -0.3 is 15.2 Å². The lowest BCUT2D eigenvalue weighted by Crippen LogP contribution is -2.43. The van der Waals surface area contributed by atoms with Crippen LogP contribution in [-0.4, -0.2) is 24.2 Å². The molecule has 0 atom stereocenters. The van der Waals surface area contributed by atoms with Crippen LogP contribution in [0.2, 0.25) is 0 Å². The van der Waals surface area contributed by atoms with E-state index in [9.17, 15) is 0 Å². The highest BCUT2D eigenvalue weighted by Crippen LogP contribution is 2.36. The van der Waals surface area contributed by atoms with Crippen molar-refractivity contribution in [2.45, 2.75) is 58.2 Å². The standard InChI is InChI=1S/C17H28N2O2/c1-4-14-5-7-17(12-18,8-6-14)21-11-15-10-16(20-3)9-13(2)19-15/h9-10,14H,4-8,11-12,18H2,1-3H3. The molecule has 0 amide bonds. The molecule has 0 aliphatic heterocycles. The van der Waals surface area contributed by atoms with Crippen LogP contribution in [0.4, 0.5) is 0 Å². The zero-order valence-corrected chi connectivity index (χ0v) is 13.5. The van der Waals surface area contributed by atoms with Crippen molar-refractivity contribution in [2.75, 3.05) is 13.7 Å². The summed E-state index contributed by atoms with van der Waals surface area (Å²) in [7, 11) is 1.67. The predicted molar refractivity (Wildman–Crippen MR) is 84.3 cm³/mol. The molecule has 4 nitrogen and oxygen atoms in total. The molecule has 1 aliphatic carbocycles. The fraction of sp³-hybridized carbons (Fsp3) is 0.706. The van der Waals surface area contributed by atoms with E-state index in [1.54, 1.807) is 7.11 Å². The molecule has 0 spiro atoms. The Morgan fingerprint density at radius 1 is 1.33 bits per heavy atom. The van der Waals surface area contributed by atoms with Crippen LogP contribution in [0.25, 0.3) is 0 Å². The number of aromatic nitrogens is 1. The van der Waals surface area contributed by atoms with Crippen LogP contribution in [0, 0.1) is 12.8 Å². The van der Waals surface area contributed by atoms with E-state index in [0.29, 0.717) is 13.2 Å². The van der Waals surface area contributed by atoms with Gasteiger partial charge in [0.2, 0.25) is 0 Å². The quantitative estimate of drug-likeness (QED) is 0.874. The number of nitrogens with two attached hydrogens (primary N) is 1. The summed E-state index contributed by atoms with van der Waals surface area (Å²) in [6.07, 6.45) is 5.82. The lowest BCUT2D eigenvalue weighted by Gasteiger charge is -2.39. The Morgan fingerprint density at radius 2 is 2.05 bits per heavy atom. The third kappa shape index (κ3) is 4.17. The summed E-state index contributed by atoms with van der Waals surface area (Å²) < 4.78 is 11.5. The monoisotopic (exact) mass is 292 g/mol. The number of aryl methyl sites for hydroxylation is 1. The van der Waals surface area contributed by atoms with E-state index < -0.39 is 0 Å². The van der Waals surface area contributed by atoms with Crippen molar-refractivity contribution in [1.82, 2.24) is 4.98 Å². The molecule has 1 saturated carbocycles. The van der Waals surface area contributed by atoms with Crippen LogP contribution < -0.4 is 10.5 Å². The van der Waals surface area contributed by atoms with Crippen LogP contribution in [-0.2, 0) is 11.3 Å². The lowest BCUT2D eigenvalue weighted by molar-refractivity contribution is -0.0824. The van der Waals surface area contributed by atoms with Crippen LogP contribution in [0.1, 0.15) is 50.4 Å². The van der Waals surface area contributed by atoms with E-state index in [2.05, 4.69) is 11.9 Å². The Kier molecular flexibility index (Phi) is 5.59. The Bertz CT molecular complexity index is 454. The molecule has 2 rings (SSSR count). The molecule has 1 aromatic rings. The molecule has 0 aromatic carbocycles. The van der Waals surface area contributed by atoms with Gasteiger partial charge in [-0.2, -0.15) is 0 Å². The van der Waals surface area contributed by atoms with Gasteiger partial charge in [-0.15, -0.1) is 0 Å². The van der Waals surface area contributed by atoms with Crippen molar-refractivity contribution in [3.8, 4) is 5.75 Å². The molecule has 0 bridgehead atoms. The summed E-state index contributed by atoms with van der Waals surface area (Å²) in [4.78, 5) is 4.52. The number of hydrogen-bond donors (Lipinski definition) is 1. The SMILES string of the molecule is CCC1CCC(CN)(OCc2cc(OC)cc(C)n2)CC1. The zero-order valence-electron chi connectivity index (χ0n) is 13.5. The average molecular weight is 292 g/mol. The fourth-order valence-electron chi connectivity index (χ4n) is 3.14. The third-order valence-electron chi connectivity index (χ3n) is 4.71. The highest BCUT2D eigenvalue weighted by molar-refractivity contribution is 5.26. The van der Waals surface area contributed by atoms with Crippen molar-refractivity contribution in [1.29, 1.82) is 0 Å². The topological polar surface area (TPSA) is 57.4 Å². The molecule has 0 unspecified atom stereocenters. The van der Waals surface area contributed by atoms with Gasteiger partial charge in [-0.05, 0) is 38.5 Å². The van der Waals surface area contributed by atoms with Gasteiger partial charge in [0.15, 0.2) is 0 Å². The molecule has 1 heterocycles. The van der Waals surface area contributed by atoms with Crippen molar-refractivity contribution < 1.29 is 9.47 Å². The summed E-state index contributed by atoms with van der Waals surface area (Å²) >= 11 is 0. The molecule has 1 aliphatic rings. The van der Waals surface area contributed by atoms with Gasteiger partial charge in [0, 0.05) is 24.4 Å². The second kappa shape index (κ2) is 7.23. The van der Waals surface area contributed by atoms with Crippen molar-refractivity contribution >= 4 is 0 Å². The van der Waals surface area contributed by atoms with Crippen LogP contribution in [0.3, 0.4) is 0 Å². The summed E-state index contributed by atoms with van der Waals surface area (Å²) in [5, 5.41) is 0. The first-order chi connectivity index (χ1) is 10.1. The van der Waals surface area contributed by atoms with E-state index in [1.165, 1.54) is 19.3 Å². The first-order valence-corrected chi connectivity index (χ1v) is 7.96. The molecule has 4 heteroatoms. The fourth-order valence-corrected chi connectivity index (χ4v) is 3.14. The molecule has 2 N–H and O–H groups in total. The van der Waals surface area contributed by atoms with Crippen LogP contribution in [0.5, 0.6) is 5.75 Å². The maximum absolute atomic E-state index is 6.21. The smallest absolute Gasteiger partial charge is 0.122 e. The summed E-state index contributed by atoms with van der Waals surface area (Å²) in [5.41, 5.74) is 7.71. The Balaban J connectivity index is 1.99. The zero-order chi connectivity index (χ0) is 15.3. The first kappa shape index (κ1) is 16.2. The highest BCUT2D eigenvalue weighted by Gasteiger charge is 2.34. The molecular formula is C17H28N2O2. The second-order valence-corrected chi connectivity index (χ2v) is 6.17. The minimum Gasteiger partial charge on any atom is -0.497 e. The summed E-state index contributed by atoms with van der Waals surface area (Å²) in [6.45, 7) is 5.33. The number of nitrogens with zero attached hydrogens (tertiary/aromatic N) is 1. The number of pyridine rings is 1. The van der Waals surface area contributed by atoms with E-state index in [0.717, 1.165) is 35.9 Å². The van der Waals surface area contributed by atoms with Crippen LogP contribution in [0.15, 0.2) is 12.1 Å². The van der Waals surface area contributed by atoms with Crippen molar-refractivity contribution in [2.24, 2.45) is 11.7 Å². The maximum Gasteiger partial charge on any atom is 0.122 e. The molecule has 1 aromatic heterocycles. The third-order valence-corrected chi connectivity index (χ3v) is 4.71. The number of hydrogen-bond acceptors (Lipinski definition) is 4. The molecule has 0 saturated heterocycles. The minimum absolute atomic E-state index is 0.162. The molecular weight excluding hydrogens is 264 g/mol. The largest absolute Gasteiger partial charge is 0.497 e. The van der Waals surface area contributed by atoms with E-state index >= 15 is 0 Å². The van der Waals surface area contributed by atoms with Gasteiger partial charge in [-0.3, -0.25) is 4.98 Å².